The molecule has 1 fully saturated rings. The molecule has 2 rings (SSSR count). The summed E-state index contributed by atoms with van der Waals surface area (Å²) in [5, 5.41) is 0. The lowest BCUT2D eigenvalue weighted by Crippen LogP contribution is -2.40. The molecule has 2 unspecified atom stereocenters. The first-order valence-electron chi connectivity index (χ1n) is 7.22. The summed E-state index contributed by atoms with van der Waals surface area (Å²) in [5.74, 6) is -1.64. The fourth-order valence-electron chi connectivity index (χ4n) is 2.92. The molecule has 1 aromatic carbocycles. The number of piperidine rings is 1. The van der Waals surface area contributed by atoms with Crippen LogP contribution in [0.2, 0.25) is 0 Å². The van der Waals surface area contributed by atoms with Crippen molar-refractivity contribution in [1.82, 2.24) is 4.90 Å². The third kappa shape index (κ3) is 4.56. The van der Waals surface area contributed by atoms with Gasteiger partial charge >= 0.3 is 6.18 Å². The predicted molar refractivity (Wildman–Crippen MR) is 74.7 cm³/mol. The second-order valence-corrected chi connectivity index (χ2v) is 5.87. The number of alkyl halides is 3. The third-order valence-electron chi connectivity index (χ3n) is 4.18. The number of halogens is 3. The van der Waals surface area contributed by atoms with Crippen LogP contribution >= 0.6 is 0 Å². The van der Waals surface area contributed by atoms with Crippen molar-refractivity contribution in [3.05, 3.63) is 35.9 Å². The molecule has 2 nitrogen and oxygen atoms in total. The van der Waals surface area contributed by atoms with Crippen LogP contribution in [0.4, 0.5) is 13.2 Å². The van der Waals surface area contributed by atoms with Gasteiger partial charge in [-0.25, -0.2) is 0 Å². The van der Waals surface area contributed by atoms with Crippen LogP contribution < -0.4 is 0 Å². The molecule has 5 heteroatoms. The maximum absolute atomic E-state index is 12.3. The highest BCUT2D eigenvalue weighted by Gasteiger charge is 2.40. The number of hydrogen-bond donors (Lipinski definition) is 0. The smallest absolute Gasteiger partial charge is 0.299 e. The number of nitrogens with zero attached hydrogens (tertiary/aromatic N) is 1. The summed E-state index contributed by atoms with van der Waals surface area (Å²) in [4.78, 5) is 13.4. The molecule has 0 N–H and O–H groups in total. The Morgan fingerprint density at radius 2 is 1.95 bits per heavy atom. The molecular formula is C16H20F3NO. The number of carbonyl (C=O) groups excluding carboxylic acids is 1. The van der Waals surface area contributed by atoms with Crippen LogP contribution in [0.1, 0.15) is 25.3 Å². The molecular weight excluding hydrogens is 279 g/mol. The van der Waals surface area contributed by atoms with Crippen LogP contribution in [0.15, 0.2) is 30.3 Å². The van der Waals surface area contributed by atoms with Gasteiger partial charge in [-0.2, -0.15) is 13.2 Å². The Bertz CT molecular complexity index is 472. The first kappa shape index (κ1) is 16.0. The van der Waals surface area contributed by atoms with Crippen LogP contribution in [0.5, 0.6) is 0 Å². The van der Waals surface area contributed by atoms with E-state index < -0.39 is 12.0 Å². The average molecular weight is 299 g/mol. The van der Waals surface area contributed by atoms with Gasteiger partial charge < -0.3 is 0 Å². The van der Waals surface area contributed by atoms with Crippen LogP contribution in [0.25, 0.3) is 0 Å². The number of Topliss-reactive ketones (excluding diaryl/α,β-unsaturated/α-hetero) is 1. The molecule has 0 spiro atoms. The zero-order valence-corrected chi connectivity index (χ0v) is 12.1. The number of rotatable bonds is 4. The Labute approximate surface area is 122 Å². The quantitative estimate of drug-likeness (QED) is 0.845. The minimum absolute atomic E-state index is 0.105. The maximum atomic E-state index is 12.3. The summed E-state index contributed by atoms with van der Waals surface area (Å²) in [6, 6.07) is 10.0. The van der Waals surface area contributed by atoms with E-state index in [1.54, 1.807) is 0 Å². The Balaban J connectivity index is 1.86. The number of likely N-dealkylation sites (tertiary alicyclic amines) is 1. The molecule has 1 heterocycles. The number of ketones is 1. The summed E-state index contributed by atoms with van der Waals surface area (Å²) >= 11 is 0. The minimum atomic E-state index is -4.69. The Kier molecular flexibility index (Phi) is 5.04. The van der Waals surface area contributed by atoms with Gasteiger partial charge in [-0.1, -0.05) is 37.3 Å². The van der Waals surface area contributed by atoms with Crippen molar-refractivity contribution in [3.8, 4) is 0 Å². The van der Waals surface area contributed by atoms with Crippen molar-refractivity contribution >= 4 is 5.78 Å². The number of hydrogen-bond acceptors (Lipinski definition) is 2. The Hall–Kier alpha value is -1.36. The molecule has 0 bridgehead atoms. The van der Waals surface area contributed by atoms with E-state index in [1.165, 1.54) is 5.56 Å². The SMILES string of the molecule is CC1CN(Cc2ccccc2)CCC1CC(=O)C(F)(F)F. The zero-order chi connectivity index (χ0) is 15.5. The first-order valence-corrected chi connectivity index (χ1v) is 7.22. The highest BCUT2D eigenvalue weighted by atomic mass is 19.4. The second kappa shape index (κ2) is 6.60. The molecule has 0 aromatic heterocycles. The lowest BCUT2D eigenvalue weighted by molar-refractivity contribution is -0.172. The lowest BCUT2D eigenvalue weighted by atomic mass is 9.83. The van der Waals surface area contributed by atoms with Crippen molar-refractivity contribution in [2.24, 2.45) is 11.8 Å². The molecule has 0 aliphatic carbocycles. The lowest BCUT2D eigenvalue weighted by Gasteiger charge is -2.36. The summed E-state index contributed by atoms with van der Waals surface area (Å²) in [6.07, 6.45) is -4.42. The van der Waals surface area contributed by atoms with E-state index in [-0.39, 0.29) is 18.3 Å². The van der Waals surface area contributed by atoms with E-state index in [0.717, 1.165) is 19.6 Å². The maximum Gasteiger partial charge on any atom is 0.449 e. The molecule has 0 saturated carbocycles. The molecule has 1 saturated heterocycles. The van der Waals surface area contributed by atoms with Gasteiger partial charge in [-0.15, -0.1) is 0 Å². The predicted octanol–water partition coefficient (Wildman–Crippen LogP) is 3.67. The first-order chi connectivity index (χ1) is 9.86. The van der Waals surface area contributed by atoms with E-state index in [2.05, 4.69) is 4.90 Å². The number of carbonyl (C=O) groups is 1. The topological polar surface area (TPSA) is 20.3 Å². The van der Waals surface area contributed by atoms with Crippen molar-refractivity contribution in [3.63, 3.8) is 0 Å². The molecule has 1 aliphatic heterocycles. The average Bonchev–Trinajstić information content (AvgIpc) is 2.42. The van der Waals surface area contributed by atoms with Crippen molar-refractivity contribution in [1.29, 1.82) is 0 Å². The molecule has 1 aromatic rings. The van der Waals surface area contributed by atoms with Crippen LogP contribution in [-0.4, -0.2) is 29.9 Å². The molecule has 2 atom stereocenters. The van der Waals surface area contributed by atoms with Crippen molar-refractivity contribution < 1.29 is 18.0 Å². The monoisotopic (exact) mass is 299 g/mol. The van der Waals surface area contributed by atoms with Crippen LogP contribution in [0.3, 0.4) is 0 Å². The van der Waals surface area contributed by atoms with Gasteiger partial charge in [-0.3, -0.25) is 9.69 Å². The fraction of sp³-hybridized carbons (Fsp3) is 0.562. The summed E-state index contributed by atoms with van der Waals surface area (Å²) in [6.45, 7) is 4.23. The van der Waals surface area contributed by atoms with Gasteiger partial charge in [0, 0.05) is 19.5 Å². The van der Waals surface area contributed by atoms with E-state index in [0.29, 0.717) is 6.42 Å². The zero-order valence-electron chi connectivity index (χ0n) is 12.1. The summed E-state index contributed by atoms with van der Waals surface area (Å²) < 4.78 is 37.0. The molecule has 116 valence electrons. The summed E-state index contributed by atoms with van der Waals surface area (Å²) in [5.41, 5.74) is 1.20. The third-order valence-corrected chi connectivity index (χ3v) is 4.18. The Morgan fingerprint density at radius 3 is 2.52 bits per heavy atom. The largest absolute Gasteiger partial charge is 0.449 e. The minimum Gasteiger partial charge on any atom is -0.299 e. The summed E-state index contributed by atoms with van der Waals surface area (Å²) in [7, 11) is 0. The van der Waals surface area contributed by atoms with Crippen LogP contribution in [-0.2, 0) is 11.3 Å². The highest BCUT2D eigenvalue weighted by Crippen LogP contribution is 2.30. The molecule has 0 radical (unpaired) electrons. The van der Waals surface area contributed by atoms with Crippen LogP contribution in [0, 0.1) is 11.8 Å². The van der Waals surface area contributed by atoms with Gasteiger partial charge in [0.05, 0.1) is 0 Å². The van der Waals surface area contributed by atoms with E-state index in [4.69, 9.17) is 0 Å². The van der Waals surface area contributed by atoms with Gasteiger partial charge in [-0.05, 0) is 30.4 Å². The van der Waals surface area contributed by atoms with Gasteiger partial charge in [0.2, 0.25) is 5.78 Å². The van der Waals surface area contributed by atoms with E-state index in [9.17, 15) is 18.0 Å². The van der Waals surface area contributed by atoms with E-state index in [1.807, 2.05) is 37.3 Å². The molecule has 0 amide bonds. The Morgan fingerprint density at radius 1 is 1.29 bits per heavy atom. The highest BCUT2D eigenvalue weighted by molar-refractivity contribution is 5.84. The van der Waals surface area contributed by atoms with Gasteiger partial charge in [0.25, 0.3) is 0 Å². The molecule has 21 heavy (non-hydrogen) atoms. The van der Waals surface area contributed by atoms with Gasteiger partial charge in [0.1, 0.15) is 0 Å². The standard InChI is InChI=1S/C16H20F3NO/c1-12-10-20(11-13-5-3-2-4-6-13)8-7-14(12)9-15(21)16(17,18)19/h2-6,12,14H,7-11H2,1H3. The van der Waals surface area contributed by atoms with Crippen molar-refractivity contribution in [2.45, 2.75) is 32.5 Å². The van der Waals surface area contributed by atoms with Gasteiger partial charge in [0.15, 0.2) is 0 Å². The second-order valence-electron chi connectivity index (χ2n) is 5.87. The van der Waals surface area contributed by atoms with E-state index >= 15 is 0 Å². The normalized spacial score (nSPS) is 24.0. The van der Waals surface area contributed by atoms with Crippen molar-refractivity contribution in [2.75, 3.05) is 13.1 Å². The fourth-order valence-corrected chi connectivity index (χ4v) is 2.92. The number of benzene rings is 1. The molecule has 1 aliphatic rings.